The molecule has 2 aliphatic heterocycles. The van der Waals surface area contributed by atoms with Gasteiger partial charge in [0.25, 0.3) is 0 Å². The second-order valence-electron chi connectivity index (χ2n) is 8.80. The zero-order chi connectivity index (χ0) is 24.4. The molecule has 1 amide bonds. The van der Waals surface area contributed by atoms with Gasteiger partial charge in [-0.25, -0.2) is 9.37 Å². The van der Waals surface area contributed by atoms with Crippen LogP contribution in [0.25, 0.3) is 10.9 Å². The fraction of sp³-hybridized carbons (Fsp3) is 0.400. The molecule has 184 valence electrons. The van der Waals surface area contributed by atoms with Gasteiger partial charge in [-0.2, -0.15) is 0 Å². The van der Waals surface area contributed by atoms with Crippen molar-refractivity contribution >= 4 is 46.0 Å². The van der Waals surface area contributed by atoms with Crippen LogP contribution in [0.4, 0.5) is 10.2 Å². The maximum absolute atomic E-state index is 15.0. The van der Waals surface area contributed by atoms with Crippen LogP contribution in [0.5, 0.6) is 5.75 Å². The lowest BCUT2D eigenvalue weighted by Crippen LogP contribution is -2.51. The van der Waals surface area contributed by atoms with Gasteiger partial charge < -0.3 is 15.4 Å². The number of halogens is 2. The third-order valence-corrected chi connectivity index (χ3v) is 7.89. The summed E-state index contributed by atoms with van der Waals surface area (Å²) in [6.45, 7) is 2.34. The van der Waals surface area contributed by atoms with Crippen molar-refractivity contribution in [1.29, 1.82) is 0 Å². The highest BCUT2D eigenvalue weighted by Crippen LogP contribution is 2.30. The summed E-state index contributed by atoms with van der Waals surface area (Å²) >= 11 is 7.96. The Balaban J connectivity index is 1.16. The SMILES string of the molecule is COc1ccc2ncc(Cl)c(CCN3CC[C@@H](NCc4ccc5c(n4)NC(=O)CS5)[C@H](F)C3)c2c1. The Morgan fingerprint density at radius 3 is 3.06 bits per heavy atom. The molecule has 0 saturated carbocycles. The van der Waals surface area contributed by atoms with Gasteiger partial charge in [0.15, 0.2) is 0 Å². The Morgan fingerprint density at radius 1 is 1.34 bits per heavy atom. The van der Waals surface area contributed by atoms with E-state index in [0.29, 0.717) is 49.1 Å². The standard InChI is InChI=1S/C25H27ClFN5O2S/c1-34-16-3-4-21-18(10-16)17(19(26)12-29-21)6-8-32-9-7-22(20(27)13-32)28-11-15-2-5-23-25(30-15)31-24(33)14-35-23/h2-5,10,12,20,22,28H,6-9,11,13-14H2,1H3,(H,30,31,33)/t20-,22-/m1/s1. The zero-order valence-corrected chi connectivity index (χ0v) is 21.0. The Labute approximate surface area is 212 Å². The van der Waals surface area contributed by atoms with Gasteiger partial charge in [0.05, 0.1) is 34.0 Å². The largest absolute Gasteiger partial charge is 0.497 e. The smallest absolute Gasteiger partial charge is 0.235 e. The summed E-state index contributed by atoms with van der Waals surface area (Å²) in [6.07, 6.45) is 2.11. The molecule has 0 unspecified atom stereocenters. The number of carbonyl (C=O) groups is 1. The van der Waals surface area contributed by atoms with Crippen molar-refractivity contribution in [3.8, 4) is 5.75 Å². The van der Waals surface area contributed by atoms with Crippen molar-refractivity contribution in [1.82, 2.24) is 20.2 Å². The second-order valence-corrected chi connectivity index (χ2v) is 10.2. The Hall–Kier alpha value is -2.46. The van der Waals surface area contributed by atoms with E-state index in [1.165, 1.54) is 11.8 Å². The third-order valence-electron chi connectivity index (χ3n) is 6.52. The fourth-order valence-corrected chi connectivity index (χ4v) is 5.59. The summed E-state index contributed by atoms with van der Waals surface area (Å²) in [7, 11) is 1.64. The number of likely N-dealkylation sites (tertiary alicyclic amines) is 1. The number of aromatic nitrogens is 2. The highest BCUT2D eigenvalue weighted by atomic mass is 35.5. The van der Waals surface area contributed by atoms with E-state index in [0.717, 1.165) is 39.4 Å². The zero-order valence-electron chi connectivity index (χ0n) is 19.4. The lowest BCUT2D eigenvalue weighted by Gasteiger charge is -2.35. The maximum atomic E-state index is 15.0. The van der Waals surface area contributed by atoms with Crippen LogP contribution in [-0.4, -0.2) is 65.5 Å². The molecular formula is C25H27ClFN5O2S. The van der Waals surface area contributed by atoms with Gasteiger partial charge >= 0.3 is 0 Å². The molecule has 7 nitrogen and oxygen atoms in total. The van der Waals surface area contributed by atoms with Crippen LogP contribution in [0.3, 0.4) is 0 Å². The highest BCUT2D eigenvalue weighted by Gasteiger charge is 2.29. The number of carbonyl (C=O) groups excluding carboxylic acids is 1. The molecule has 4 heterocycles. The number of thioether (sulfide) groups is 1. The molecule has 0 spiro atoms. The summed E-state index contributed by atoms with van der Waals surface area (Å²) in [4.78, 5) is 23.7. The number of nitrogens with zero attached hydrogens (tertiary/aromatic N) is 3. The number of nitrogens with one attached hydrogen (secondary N) is 2. The first-order valence-corrected chi connectivity index (χ1v) is 13.0. The van der Waals surface area contributed by atoms with Gasteiger partial charge in [-0.3, -0.25) is 14.7 Å². The summed E-state index contributed by atoms with van der Waals surface area (Å²) in [5, 5.41) is 7.71. The van der Waals surface area contributed by atoms with E-state index >= 15 is 4.39 Å². The molecule has 3 aromatic rings. The van der Waals surface area contributed by atoms with Crippen LogP contribution in [0.2, 0.25) is 5.02 Å². The maximum Gasteiger partial charge on any atom is 0.235 e. The second kappa shape index (κ2) is 10.7. The number of hydrogen-bond donors (Lipinski definition) is 2. The summed E-state index contributed by atoms with van der Waals surface area (Å²) in [5.74, 6) is 1.72. The van der Waals surface area contributed by atoms with E-state index in [2.05, 4.69) is 25.5 Å². The minimum absolute atomic E-state index is 0.0449. The molecule has 2 aromatic heterocycles. The van der Waals surface area contributed by atoms with E-state index < -0.39 is 6.17 Å². The van der Waals surface area contributed by atoms with Crippen LogP contribution >= 0.6 is 23.4 Å². The topological polar surface area (TPSA) is 79.4 Å². The highest BCUT2D eigenvalue weighted by molar-refractivity contribution is 8.00. The van der Waals surface area contributed by atoms with Crippen LogP contribution in [0.1, 0.15) is 17.7 Å². The van der Waals surface area contributed by atoms with Crippen LogP contribution in [0.15, 0.2) is 41.4 Å². The fourth-order valence-electron chi connectivity index (χ4n) is 4.59. The third kappa shape index (κ3) is 5.53. The summed E-state index contributed by atoms with van der Waals surface area (Å²) in [5.41, 5.74) is 2.66. The molecule has 2 aliphatic rings. The Kier molecular flexibility index (Phi) is 7.38. The molecule has 0 radical (unpaired) electrons. The first kappa shape index (κ1) is 24.2. The van der Waals surface area contributed by atoms with Crippen molar-refractivity contribution in [2.75, 3.05) is 37.8 Å². The number of hydrogen-bond acceptors (Lipinski definition) is 7. The molecule has 35 heavy (non-hydrogen) atoms. The molecule has 1 saturated heterocycles. The number of anilines is 1. The van der Waals surface area contributed by atoms with Gasteiger partial charge in [-0.15, -0.1) is 11.8 Å². The minimum atomic E-state index is -0.985. The number of rotatable bonds is 7. The van der Waals surface area contributed by atoms with Gasteiger partial charge in [-0.1, -0.05) is 11.6 Å². The molecule has 0 aliphatic carbocycles. The average Bonchev–Trinajstić information content (AvgIpc) is 2.87. The number of ether oxygens (including phenoxy) is 1. The number of pyridine rings is 2. The molecule has 10 heteroatoms. The van der Waals surface area contributed by atoms with Crippen molar-refractivity contribution in [3.05, 3.63) is 52.8 Å². The van der Waals surface area contributed by atoms with Gasteiger partial charge in [0, 0.05) is 37.3 Å². The monoisotopic (exact) mass is 515 g/mol. The first-order chi connectivity index (χ1) is 17.0. The summed E-state index contributed by atoms with van der Waals surface area (Å²) in [6, 6.07) is 9.41. The van der Waals surface area contributed by atoms with E-state index in [1.807, 2.05) is 30.3 Å². The molecule has 1 aromatic carbocycles. The number of alkyl halides is 1. The molecule has 5 rings (SSSR count). The number of piperidine rings is 1. The minimum Gasteiger partial charge on any atom is -0.497 e. The van der Waals surface area contributed by atoms with Crippen LogP contribution in [0, 0.1) is 0 Å². The Morgan fingerprint density at radius 2 is 2.23 bits per heavy atom. The van der Waals surface area contributed by atoms with Crippen molar-refractivity contribution in [3.63, 3.8) is 0 Å². The van der Waals surface area contributed by atoms with E-state index in [1.54, 1.807) is 13.3 Å². The van der Waals surface area contributed by atoms with E-state index in [9.17, 15) is 4.79 Å². The predicted molar refractivity (Wildman–Crippen MR) is 137 cm³/mol. The first-order valence-electron chi connectivity index (χ1n) is 11.6. The van der Waals surface area contributed by atoms with Crippen molar-refractivity contribution in [2.45, 2.75) is 36.5 Å². The van der Waals surface area contributed by atoms with Gasteiger partial charge in [0.2, 0.25) is 5.91 Å². The van der Waals surface area contributed by atoms with Crippen molar-refractivity contribution in [2.24, 2.45) is 0 Å². The number of methoxy groups -OCH3 is 1. The number of amides is 1. The van der Waals surface area contributed by atoms with Gasteiger partial charge in [0.1, 0.15) is 17.7 Å². The lowest BCUT2D eigenvalue weighted by molar-refractivity contribution is -0.113. The molecular weight excluding hydrogens is 489 g/mol. The molecule has 2 atom stereocenters. The average molecular weight is 516 g/mol. The molecule has 2 N–H and O–H groups in total. The van der Waals surface area contributed by atoms with Crippen molar-refractivity contribution < 1.29 is 13.9 Å². The van der Waals surface area contributed by atoms with Crippen LogP contribution in [-0.2, 0) is 17.8 Å². The van der Waals surface area contributed by atoms with E-state index in [4.69, 9.17) is 16.3 Å². The van der Waals surface area contributed by atoms with E-state index in [-0.39, 0.29) is 11.9 Å². The molecule has 0 bridgehead atoms. The number of fused-ring (bicyclic) bond motifs is 2. The summed E-state index contributed by atoms with van der Waals surface area (Å²) < 4.78 is 20.4. The van der Waals surface area contributed by atoms with Gasteiger partial charge in [-0.05, 0) is 55.3 Å². The number of benzene rings is 1. The predicted octanol–water partition coefficient (Wildman–Crippen LogP) is 4.08. The lowest BCUT2D eigenvalue weighted by atomic mass is 10.0. The molecule has 1 fully saturated rings. The van der Waals surface area contributed by atoms with Crippen LogP contribution < -0.4 is 15.4 Å². The quantitative estimate of drug-likeness (QED) is 0.491. The normalized spacial score (nSPS) is 20.5. The Bertz CT molecular complexity index is 1250.